The number of benzene rings is 1. The Hall–Kier alpha value is -3.12. The van der Waals surface area contributed by atoms with Gasteiger partial charge in [-0.05, 0) is 42.3 Å². The fraction of sp³-hybridized carbons (Fsp3) is 0.0526. The Morgan fingerprint density at radius 3 is 2.48 bits per heavy atom. The molecule has 0 N–H and O–H groups in total. The van der Waals surface area contributed by atoms with Crippen molar-refractivity contribution in [2.45, 2.75) is 6.92 Å². The summed E-state index contributed by atoms with van der Waals surface area (Å²) in [5.74, 6) is 0.527. The van der Waals surface area contributed by atoms with Crippen LogP contribution in [0.2, 0.25) is 0 Å². The summed E-state index contributed by atoms with van der Waals surface area (Å²) >= 11 is 1.33. The van der Waals surface area contributed by atoms with Gasteiger partial charge in [-0.2, -0.15) is 9.50 Å². The second kappa shape index (κ2) is 6.41. The van der Waals surface area contributed by atoms with E-state index < -0.39 is 0 Å². The summed E-state index contributed by atoms with van der Waals surface area (Å²) in [4.78, 5) is 21.4. The van der Waals surface area contributed by atoms with E-state index >= 15 is 0 Å². The van der Waals surface area contributed by atoms with E-state index in [0.29, 0.717) is 15.3 Å². The lowest BCUT2D eigenvalue weighted by atomic mass is 10.1. The van der Waals surface area contributed by atoms with Crippen molar-refractivity contribution in [2.75, 3.05) is 0 Å². The van der Waals surface area contributed by atoms with Gasteiger partial charge in [-0.25, -0.2) is 0 Å². The van der Waals surface area contributed by atoms with Crippen LogP contribution in [0.1, 0.15) is 22.5 Å². The molecule has 0 atom stereocenters. The molecule has 0 bridgehead atoms. The first kappa shape index (κ1) is 15.4. The highest BCUT2D eigenvalue weighted by Crippen LogP contribution is 2.09. The maximum absolute atomic E-state index is 12.5. The Kier molecular flexibility index (Phi) is 3.95. The van der Waals surface area contributed by atoms with Gasteiger partial charge in [0.15, 0.2) is 5.82 Å². The number of hydrogen-bond acceptors (Lipinski definition) is 5. The first-order valence-corrected chi connectivity index (χ1v) is 8.57. The van der Waals surface area contributed by atoms with Gasteiger partial charge in [0, 0.05) is 12.4 Å². The molecule has 0 aliphatic carbocycles. The van der Waals surface area contributed by atoms with Crippen LogP contribution in [0.15, 0.2) is 53.6 Å². The van der Waals surface area contributed by atoms with E-state index in [2.05, 4.69) is 34.1 Å². The quantitative estimate of drug-likeness (QED) is 0.572. The predicted molar refractivity (Wildman–Crippen MR) is 100 cm³/mol. The molecule has 3 aromatic heterocycles. The number of aryl methyl sites for hydroxylation is 1. The Morgan fingerprint density at radius 1 is 1.00 bits per heavy atom. The molecule has 122 valence electrons. The summed E-state index contributed by atoms with van der Waals surface area (Å²) < 4.78 is 1.96. The fourth-order valence-corrected chi connectivity index (χ4v) is 3.29. The number of fused-ring (bicyclic) bond motifs is 1. The molecule has 1 aromatic carbocycles. The van der Waals surface area contributed by atoms with Crippen molar-refractivity contribution < 1.29 is 0 Å². The van der Waals surface area contributed by atoms with Crippen molar-refractivity contribution in [1.82, 2.24) is 19.6 Å². The van der Waals surface area contributed by atoms with Crippen LogP contribution >= 0.6 is 11.3 Å². The molecule has 4 aromatic rings. The average molecular weight is 346 g/mol. The monoisotopic (exact) mass is 346 g/mol. The Morgan fingerprint density at radius 2 is 1.76 bits per heavy atom. The normalized spacial score (nSPS) is 12.4. The summed E-state index contributed by atoms with van der Waals surface area (Å²) in [7, 11) is 0. The lowest BCUT2D eigenvalue weighted by Gasteiger charge is -1.93. The van der Waals surface area contributed by atoms with Gasteiger partial charge in [0.25, 0.3) is 5.56 Å². The summed E-state index contributed by atoms with van der Waals surface area (Å²) in [5.41, 5.74) is 3.06. The summed E-state index contributed by atoms with van der Waals surface area (Å²) in [6, 6.07) is 11.9. The van der Waals surface area contributed by atoms with Gasteiger partial charge in [0.1, 0.15) is 0 Å². The number of pyridine rings is 1. The van der Waals surface area contributed by atoms with E-state index in [9.17, 15) is 4.79 Å². The minimum Gasteiger partial charge on any atom is -0.266 e. The highest BCUT2D eigenvalue weighted by Gasteiger charge is 2.08. The van der Waals surface area contributed by atoms with Gasteiger partial charge in [-0.3, -0.25) is 9.78 Å². The largest absolute Gasteiger partial charge is 0.291 e. The van der Waals surface area contributed by atoms with Crippen LogP contribution in [-0.2, 0) is 0 Å². The van der Waals surface area contributed by atoms with Crippen molar-refractivity contribution in [2.24, 2.45) is 0 Å². The van der Waals surface area contributed by atoms with Crippen LogP contribution < -0.4 is 10.1 Å². The summed E-state index contributed by atoms with van der Waals surface area (Å²) in [6.07, 6.45) is 8.97. The molecule has 0 saturated carbocycles. The molecule has 4 rings (SSSR count). The summed E-state index contributed by atoms with van der Waals surface area (Å²) in [5, 5.41) is 4.29. The molecule has 5 nitrogen and oxygen atoms in total. The standard InChI is InChI=1S/C19H14N4OS/c1-13-2-4-14(5-3-13)6-7-17-21-19-23(22-17)18(24)16(25-19)12-15-8-10-20-11-9-15/h2-12H,1H3. The SMILES string of the molecule is Cc1ccc(C=Cc2nc3sc(=Cc4ccncc4)c(=O)n3n2)cc1. The van der Waals surface area contributed by atoms with Crippen LogP contribution in [0.25, 0.3) is 23.2 Å². The van der Waals surface area contributed by atoms with E-state index in [1.54, 1.807) is 12.4 Å². The van der Waals surface area contributed by atoms with Crippen molar-refractivity contribution in [3.05, 3.63) is 86.2 Å². The molecular formula is C19H14N4OS. The van der Waals surface area contributed by atoms with E-state index in [4.69, 9.17) is 0 Å². The molecule has 3 heterocycles. The minimum absolute atomic E-state index is 0.153. The smallest absolute Gasteiger partial charge is 0.266 e. The van der Waals surface area contributed by atoms with Gasteiger partial charge in [0.05, 0.1) is 4.53 Å². The van der Waals surface area contributed by atoms with Gasteiger partial charge < -0.3 is 0 Å². The molecule has 0 fully saturated rings. The van der Waals surface area contributed by atoms with Gasteiger partial charge in [-0.15, -0.1) is 5.10 Å². The average Bonchev–Trinajstić information content (AvgIpc) is 3.15. The van der Waals surface area contributed by atoms with E-state index in [1.165, 1.54) is 21.4 Å². The van der Waals surface area contributed by atoms with Crippen LogP contribution in [-0.4, -0.2) is 19.6 Å². The molecular weight excluding hydrogens is 332 g/mol. The van der Waals surface area contributed by atoms with Crippen LogP contribution in [0.3, 0.4) is 0 Å². The molecule has 0 amide bonds. The first-order valence-electron chi connectivity index (χ1n) is 7.75. The molecule has 25 heavy (non-hydrogen) atoms. The van der Waals surface area contributed by atoms with Gasteiger partial charge in [0.2, 0.25) is 4.96 Å². The maximum atomic E-state index is 12.5. The number of nitrogens with zero attached hydrogens (tertiary/aromatic N) is 4. The zero-order chi connectivity index (χ0) is 17.2. The molecule has 0 aliphatic heterocycles. The van der Waals surface area contributed by atoms with Gasteiger partial charge >= 0.3 is 0 Å². The lowest BCUT2D eigenvalue weighted by Crippen LogP contribution is -2.23. The summed E-state index contributed by atoms with van der Waals surface area (Å²) in [6.45, 7) is 2.05. The number of aromatic nitrogens is 4. The van der Waals surface area contributed by atoms with Crippen molar-refractivity contribution >= 4 is 34.5 Å². The third-order valence-electron chi connectivity index (χ3n) is 3.70. The number of hydrogen-bond donors (Lipinski definition) is 0. The number of rotatable bonds is 3. The van der Waals surface area contributed by atoms with Gasteiger partial charge in [-0.1, -0.05) is 47.2 Å². The molecule has 0 saturated heterocycles. The zero-order valence-electron chi connectivity index (χ0n) is 13.5. The lowest BCUT2D eigenvalue weighted by molar-refractivity contribution is 0.925. The Balaban J connectivity index is 1.67. The fourth-order valence-electron chi connectivity index (χ4n) is 2.38. The second-order valence-corrected chi connectivity index (χ2v) is 6.61. The van der Waals surface area contributed by atoms with Crippen molar-refractivity contribution in [1.29, 1.82) is 0 Å². The van der Waals surface area contributed by atoms with Crippen LogP contribution in [0, 0.1) is 6.92 Å². The van der Waals surface area contributed by atoms with Crippen LogP contribution in [0.4, 0.5) is 0 Å². The van der Waals surface area contributed by atoms with Crippen LogP contribution in [0.5, 0.6) is 0 Å². The maximum Gasteiger partial charge on any atom is 0.291 e. The predicted octanol–water partition coefficient (Wildman–Crippen LogP) is 2.57. The van der Waals surface area contributed by atoms with E-state index in [0.717, 1.165) is 11.1 Å². The Bertz CT molecular complexity index is 1160. The zero-order valence-corrected chi connectivity index (χ0v) is 14.3. The highest BCUT2D eigenvalue weighted by molar-refractivity contribution is 7.15. The van der Waals surface area contributed by atoms with Crippen molar-refractivity contribution in [3.8, 4) is 0 Å². The topological polar surface area (TPSA) is 60.2 Å². The second-order valence-electron chi connectivity index (χ2n) is 5.60. The highest BCUT2D eigenvalue weighted by atomic mass is 32.1. The molecule has 0 aliphatic rings. The minimum atomic E-state index is -0.153. The molecule has 0 radical (unpaired) electrons. The number of thiazole rings is 1. The van der Waals surface area contributed by atoms with E-state index in [1.807, 2.05) is 42.5 Å². The third kappa shape index (κ3) is 3.25. The Labute approximate surface area is 147 Å². The van der Waals surface area contributed by atoms with Crippen molar-refractivity contribution in [3.63, 3.8) is 0 Å². The molecule has 0 spiro atoms. The van der Waals surface area contributed by atoms with E-state index in [-0.39, 0.29) is 5.56 Å². The molecule has 0 unspecified atom stereocenters. The third-order valence-corrected chi connectivity index (χ3v) is 4.66. The molecule has 6 heteroatoms. The first-order chi connectivity index (χ1) is 12.2.